The first kappa shape index (κ1) is 25.2. The van der Waals surface area contributed by atoms with Gasteiger partial charge in [0.25, 0.3) is 0 Å². The van der Waals surface area contributed by atoms with Crippen LogP contribution < -0.4 is 5.32 Å². The maximum atomic E-state index is 10.1. The number of aromatic carboxylic acids is 1. The predicted octanol–water partition coefficient (Wildman–Crippen LogP) is 0.156. The van der Waals surface area contributed by atoms with Crippen LogP contribution in [0.5, 0.6) is 0 Å². The number of aliphatic hydroxyl groups excluding tert-OH is 1. The van der Waals surface area contributed by atoms with Gasteiger partial charge in [-0.15, -0.1) is 0 Å². The summed E-state index contributed by atoms with van der Waals surface area (Å²) in [6.07, 6.45) is 4.72. The van der Waals surface area contributed by atoms with Crippen molar-refractivity contribution in [3.63, 3.8) is 0 Å². The van der Waals surface area contributed by atoms with Crippen LogP contribution in [0.3, 0.4) is 0 Å². The van der Waals surface area contributed by atoms with Gasteiger partial charge in [-0.3, -0.25) is 0 Å². The molecule has 0 bridgehead atoms. The van der Waals surface area contributed by atoms with Crippen molar-refractivity contribution < 1.29 is 34.8 Å². The molecule has 10 heteroatoms. The van der Waals surface area contributed by atoms with E-state index in [1.54, 1.807) is 12.1 Å². The molecule has 0 aliphatic carbocycles. The first-order valence-electron chi connectivity index (χ1n) is 8.69. The minimum Gasteiger partial charge on any atom is -0.478 e. The van der Waals surface area contributed by atoms with Gasteiger partial charge in [0.05, 0.1) is 0 Å². The molecular formula is C18H27N3O7. The van der Waals surface area contributed by atoms with E-state index in [0.29, 0.717) is 18.8 Å². The van der Waals surface area contributed by atoms with E-state index < -0.39 is 17.9 Å². The number of hydrogen-bond acceptors (Lipinski definition) is 7. The van der Waals surface area contributed by atoms with E-state index in [1.165, 1.54) is 25.2 Å². The molecule has 2 rings (SSSR count). The smallest absolute Gasteiger partial charge is 0.354 e. The van der Waals surface area contributed by atoms with Crippen LogP contribution in [0.2, 0.25) is 0 Å². The van der Waals surface area contributed by atoms with Crippen molar-refractivity contribution in [1.82, 2.24) is 15.2 Å². The number of pyridine rings is 1. The van der Waals surface area contributed by atoms with E-state index >= 15 is 0 Å². The molecule has 1 aliphatic heterocycles. The van der Waals surface area contributed by atoms with Crippen molar-refractivity contribution in [2.24, 2.45) is 0 Å². The van der Waals surface area contributed by atoms with E-state index in [2.05, 4.69) is 15.2 Å². The van der Waals surface area contributed by atoms with E-state index in [9.17, 15) is 14.4 Å². The van der Waals surface area contributed by atoms with Crippen LogP contribution in [0.1, 0.15) is 23.3 Å². The number of nitrogens with one attached hydrogen (secondary N) is 1. The largest absolute Gasteiger partial charge is 0.478 e. The van der Waals surface area contributed by atoms with E-state index in [1.807, 2.05) is 0 Å². The molecule has 1 aromatic rings. The highest BCUT2D eigenvalue weighted by Gasteiger charge is 2.06. The lowest BCUT2D eigenvalue weighted by atomic mass is 10.3. The highest BCUT2D eigenvalue weighted by molar-refractivity contribution is 5.89. The summed E-state index contributed by atoms with van der Waals surface area (Å²) in [6, 6.07) is 4.76. The Morgan fingerprint density at radius 3 is 2.21 bits per heavy atom. The van der Waals surface area contributed by atoms with Gasteiger partial charge in [-0.05, 0) is 38.1 Å². The monoisotopic (exact) mass is 397 g/mol. The number of rotatable bonds is 6. The Morgan fingerprint density at radius 2 is 1.75 bits per heavy atom. The second-order valence-electron chi connectivity index (χ2n) is 5.55. The zero-order valence-electron chi connectivity index (χ0n) is 15.5. The lowest BCUT2D eigenvalue weighted by molar-refractivity contribution is -0.134. The number of hydrogen-bond donors (Lipinski definition) is 5. The van der Waals surface area contributed by atoms with Crippen LogP contribution in [0.15, 0.2) is 36.5 Å². The molecule has 1 aliphatic rings. The standard InChI is InChI=1S/C8H18N2O.C6H5NO2.C4H4O4/c11-8-2-6-10-5-1-3-9-4-7-10;8-6(9)5-3-1-2-4-7-5;5-3(6)1-2-4(7)8/h9,11H,1-8H2;1-4H,(H,8,9);1-2H,(H,5,6)(H,7,8)/b;;2-1-. The fourth-order valence-corrected chi connectivity index (χ4v) is 2.05. The molecule has 1 saturated heterocycles. The van der Waals surface area contributed by atoms with E-state index in [0.717, 1.165) is 32.6 Å². The number of nitrogens with zero attached hydrogens (tertiary/aromatic N) is 2. The third kappa shape index (κ3) is 15.4. The maximum absolute atomic E-state index is 10.1. The quantitative estimate of drug-likeness (QED) is 0.418. The van der Waals surface area contributed by atoms with Gasteiger partial charge in [-0.1, -0.05) is 6.07 Å². The van der Waals surface area contributed by atoms with Gasteiger partial charge in [0.1, 0.15) is 5.69 Å². The van der Waals surface area contributed by atoms with Crippen LogP contribution in [0, 0.1) is 0 Å². The number of carboxylic acids is 3. The van der Waals surface area contributed by atoms with Gasteiger partial charge >= 0.3 is 17.9 Å². The zero-order chi connectivity index (χ0) is 21.2. The second-order valence-corrected chi connectivity index (χ2v) is 5.55. The first-order valence-corrected chi connectivity index (χ1v) is 8.69. The SMILES string of the molecule is O=C(O)/C=C\C(=O)O.O=C(O)c1ccccn1.OCCCN1CCCNCC1. The summed E-state index contributed by atoms with van der Waals surface area (Å²) in [5, 5.41) is 35.9. The van der Waals surface area contributed by atoms with E-state index in [-0.39, 0.29) is 5.69 Å². The van der Waals surface area contributed by atoms with Crippen molar-refractivity contribution in [3.8, 4) is 0 Å². The number of aliphatic hydroxyl groups is 1. The van der Waals surface area contributed by atoms with Gasteiger partial charge in [-0.25, -0.2) is 19.4 Å². The third-order valence-corrected chi connectivity index (χ3v) is 3.32. The fraction of sp³-hybridized carbons (Fsp3) is 0.444. The Bertz CT molecular complexity index is 584. The Morgan fingerprint density at radius 1 is 1.07 bits per heavy atom. The molecule has 1 fully saturated rings. The van der Waals surface area contributed by atoms with Crippen molar-refractivity contribution in [3.05, 3.63) is 42.2 Å². The lowest BCUT2D eigenvalue weighted by Crippen LogP contribution is -2.29. The maximum Gasteiger partial charge on any atom is 0.354 e. The first-order chi connectivity index (χ1) is 13.4. The molecular weight excluding hydrogens is 370 g/mol. The summed E-state index contributed by atoms with van der Waals surface area (Å²) in [5.41, 5.74) is 0.0810. The normalized spacial score (nSPS) is 14.0. The number of carboxylic acid groups (broad SMARTS) is 3. The van der Waals surface area contributed by atoms with Crippen LogP contribution >= 0.6 is 0 Å². The predicted molar refractivity (Wildman–Crippen MR) is 101 cm³/mol. The summed E-state index contributed by atoms with van der Waals surface area (Å²) in [4.78, 5) is 35.2. The van der Waals surface area contributed by atoms with Gasteiger partial charge < -0.3 is 30.6 Å². The van der Waals surface area contributed by atoms with Crippen molar-refractivity contribution in [2.45, 2.75) is 12.8 Å². The molecule has 0 spiro atoms. The molecule has 1 aromatic heterocycles. The summed E-state index contributed by atoms with van der Waals surface area (Å²) in [6.45, 7) is 5.95. The third-order valence-electron chi connectivity index (χ3n) is 3.32. The Hall–Kier alpha value is -2.82. The molecule has 0 radical (unpaired) electrons. The van der Waals surface area contributed by atoms with Gasteiger partial charge in [0, 0.05) is 44.6 Å². The highest BCUT2D eigenvalue weighted by Crippen LogP contribution is 1.95. The average Bonchev–Trinajstić information content (AvgIpc) is 2.95. The molecule has 0 amide bonds. The molecule has 10 nitrogen and oxygen atoms in total. The van der Waals surface area contributed by atoms with Gasteiger partial charge in [0.2, 0.25) is 0 Å². The van der Waals surface area contributed by atoms with Crippen molar-refractivity contribution in [1.29, 1.82) is 0 Å². The van der Waals surface area contributed by atoms with Crippen molar-refractivity contribution in [2.75, 3.05) is 39.3 Å². The Labute approximate surface area is 163 Å². The fourth-order valence-electron chi connectivity index (χ4n) is 2.05. The number of aromatic nitrogens is 1. The van der Waals surface area contributed by atoms with Crippen LogP contribution in [-0.4, -0.2) is 87.5 Å². The molecule has 2 heterocycles. The average molecular weight is 397 g/mol. The summed E-state index contributed by atoms with van der Waals surface area (Å²) in [7, 11) is 0. The number of carbonyl (C=O) groups is 3. The summed E-state index contributed by atoms with van der Waals surface area (Å²) >= 11 is 0. The van der Waals surface area contributed by atoms with Gasteiger partial charge in [0.15, 0.2) is 0 Å². The molecule has 0 saturated carbocycles. The van der Waals surface area contributed by atoms with Gasteiger partial charge in [-0.2, -0.15) is 0 Å². The minimum atomic E-state index is -1.26. The van der Waals surface area contributed by atoms with Crippen LogP contribution in [-0.2, 0) is 9.59 Å². The molecule has 28 heavy (non-hydrogen) atoms. The zero-order valence-corrected chi connectivity index (χ0v) is 15.5. The topological polar surface area (TPSA) is 160 Å². The van der Waals surface area contributed by atoms with Crippen molar-refractivity contribution >= 4 is 17.9 Å². The highest BCUT2D eigenvalue weighted by atomic mass is 16.4. The van der Waals surface area contributed by atoms with E-state index in [4.69, 9.17) is 20.4 Å². The summed E-state index contributed by atoms with van der Waals surface area (Å²) < 4.78 is 0. The lowest BCUT2D eigenvalue weighted by Gasteiger charge is -2.18. The molecule has 5 N–H and O–H groups in total. The second kappa shape index (κ2) is 16.4. The molecule has 0 aromatic carbocycles. The minimum absolute atomic E-state index is 0.0810. The molecule has 0 atom stereocenters. The Balaban J connectivity index is 0.000000397. The summed E-state index contributed by atoms with van der Waals surface area (Å²) in [5.74, 6) is -3.50. The molecule has 156 valence electrons. The Kier molecular flexibility index (Phi) is 14.7. The van der Waals surface area contributed by atoms with Crippen LogP contribution in [0.25, 0.3) is 0 Å². The van der Waals surface area contributed by atoms with Crippen LogP contribution in [0.4, 0.5) is 0 Å². The number of aliphatic carboxylic acids is 2. The molecule has 0 unspecified atom stereocenters.